The largest absolute Gasteiger partial charge is 0.416 e. The van der Waals surface area contributed by atoms with E-state index in [9.17, 15) is 17.6 Å². The number of aromatic nitrogens is 2. The van der Waals surface area contributed by atoms with Gasteiger partial charge in [-0.05, 0) is 81.7 Å². The molecule has 4 aromatic rings. The van der Waals surface area contributed by atoms with Gasteiger partial charge in [-0.3, -0.25) is 0 Å². The lowest BCUT2D eigenvalue weighted by atomic mass is 10.0. The van der Waals surface area contributed by atoms with Crippen molar-refractivity contribution >= 4 is 16.7 Å². The third-order valence-corrected chi connectivity index (χ3v) is 7.05. The Labute approximate surface area is 227 Å². The summed E-state index contributed by atoms with van der Waals surface area (Å²) in [5.41, 5.74) is 1.97. The number of benzene rings is 3. The third-order valence-electron chi connectivity index (χ3n) is 7.05. The van der Waals surface area contributed by atoms with Crippen LogP contribution in [-0.4, -0.2) is 40.5 Å². The summed E-state index contributed by atoms with van der Waals surface area (Å²) in [6, 6.07) is 15.7. The van der Waals surface area contributed by atoms with E-state index in [0.717, 1.165) is 66.9 Å². The first-order valence-corrected chi connectivity index (χ1v) is 13.3. The fourth-order valence-electron chi connectivity index (χ4n) is 4.75. The summed E-state index contributed by atoms with van der Waals surface area (Å²) < 4.78 is 53.8. The van der Waals surface area contributed by atoms with Crippen molar-refractivity contribution in [1.82, 2.24) is 14.9 Å². The molecule has 206 valence electrons. The first-order valence-electron chi connectivity index (χ1n) is 13.3. The summed E-state index contributed by atoms with van der Waals surface area (Å²) in [5, 5.41) is 4.49. The SMILES string of the molecule is CCN(CC)CCCC(C)Nc1nc(-c2cccc(-c3ccc(C(F)(F)F)cc3F)c2)nc2c(C)cccc12. The molecule has 0 aliphatic rings. The van der Waals surface area contributed by atoms with Gasteiger partial charge in [0.25, 0.3) is 0 Å². The van der Waals surface area contributed by atoms with Crippen LogP contribution in [0.1, 0.15) is 44.7 Å². The van der Waals surface area contributed by atoms with E-state index < -0.39 is 17.6 Å². The maximum atomic E-state index is 14.7. The quantitative estimate of drug-likeness (QED) is 0.206. The van der Waals surface area contributed by atoms with Crippen LogP contribution in [0.5, 0.6) is 0 Å². The maximum absolute atomic E-state index is 14.7. The molecule has 4 rings (SSSR count). The second-order valence-electron chi connectivity index (χ2n) is 9.85. The van der Waals surface area contributed by atoms with Crippen molar-refractivity contribution in [2.45, 2.75) is 52.8 Å². The molecule has 1 N–H and O–H groups in total. The highest BCUT2D eigenvalue weighted by molar-refractivity contribution is 5.92. The van der Waals surface area contributed by atoms with Gasteiger partial charge in [-0.1, -0.05) is 50.2 Å². The number of hydrogen-bond donors (Lipinski definition) is 1. The van der Waals surface area contributed by atoms with E-state index >= 15 is 0 Å². The lowest BCUT2D eigenvalue weighted by Gasteiger charge is -2.21. The maximum Gasteiger partial charge on any atom is 0.416 e. The minimum atomic E-state index is -4.61. The Hall–Kier alpha value is -3.52. The number of anilines is 1. The summed E-state index contributed by atoms with van der Waals surface area (Å²) in [6.07, 6.45) is -2.57. The van der Waals surface area contributed by atoms with Crippen LogP contribution in [0.15, 0.2) is 60.7 Å². The molecule has 0 amide bonds. The predicted octanol–water partition coefficient (Wildman–Crippen LogP) is 8.35. The van der Waals surface area contributed by atoms with Crippen molar-refractivity contribution in [2.75, 3.05) is 25.0 Å². The first-order chi connectivity index (χ1) is 18.6. The van der Waals surface area contributed by atoms with Gasteiger partial charge in [0.1, 0.15) is 11.6 Å². The molecule has 1 heterocycles. The van der Waals surface area contributed by atoms with Gasteiger partial charge in [0.05, 0.1) is 11.1 Å². The summed E-state index contributed by atoms with van der Waals surface area (Å²) in [4.78, 5) is 12.1. The number of para-hydroxylation sites is 1. The smallest absolute Gasteiger partial charge is 0.367 e. The molecule has 8 heteroatoms. The highest BCUT2D eigenvalue weighted by atomic mass is 19.4. The molecule has 1 aromatic heterocycles. The van der Waals surface area contributed by atoms with Crippen molar-refractivity contribution in [3.05, 3.63) is 77.6 Å². The molecule has 0 saturated carbocycles. The van der Waals surface area contributed by atoms with Crippen molar-refractivity contribution in [3.8, 4) is 22.5 Å². The molecule has 3 aromatic carbocycles. The number of aryl methyl sites for hydroxylation is 1. The zero-order chi connectivity index (χ0) is 28.2. The lowest BCUT2D eigenvalue weighted by Crippen LogP contribution is -2.25. The first kappa shape index (κ1) is 28.5. The number of alkyl halides is 3. The number of rotatable bonds is 10. The van der Waals surface area contributed by atoms with Crippen molar-refractivity contribution < 1.29 is 17.6 Å². The molecule has 1 unspecified atom stereocenters. The summed E-state index contributed by atoms with van der Waals surface area (Å²) in [6.45, 7) is 11.6. The van der Waals surface area contributed by atoms with Crippen LogP contribution < -0.4 is 5.32 Å². The van der Waals surface area contributed by atoms with Crippen LogP contribution >= 0.6 is 0 Å². The van der Waals surface area contributed by atoms with Crippen molar-refractivity contribution in [1.29, 1.82) is 0 Å². The van der Waals surface area contributed by atoms with Gasteiger partial charge in [0.15, 0.2) is 5.82 Å². The van der Waals surface area contributed by atoms with Gasteiger partial charge in [0.2, 0.25) is 0 Å². The summed E-state index contributed by atoms with van der Waals surface area (Å²) >= 11 is 0. The fourth-order valence-corrected chi connectivity index (χ4v) is 4.75. The van der Waals surface area contributed by atoms with Crippen LogP contribution in [0, 0.1) is 12.7 Å². The van der Waals surface area contributed by atoms with Crippen LogP contribution in [0.25, 0.3) is 33.4 Å². The second-order valence-corrected chi connectivity index (χ2v) is 9.85. The zero-order valence-electron chi connectivity index (χ0n) is 22.7. The van der Waals surface area contributed by atoms with E-state index in [1.807, 2.05) is 31.2 Å². The van der Waals surface area contributed by atoms with Gasteiger partial charge >= 0.3 is 6.18 Å². The number of halogens is 4. The Bertz CT molecular complexity index is 1430. The van der Waals surface area contributed by atoms with Gasteiger partial charge < -0.3 is 10.2 Å². The fraction of sp³-hybridized carbons (Fsp3) is 0.355. The Morgan fingerprint density at radius 1 is 0.923 bits per heavy atom. The highest BCUT2D eigenvalue weighted by Gasteiger charge is 2.31. The average Bonchev–Trinajstić information content (AvgIpc) is 2.91. The summed E-state index contributed by atoms with van der Waals surface area (Å²) in [5.74, 6) is 0.252. The van der Waals surface area contributed by atoms with E-state index in [-0.39, 0.29) is 11.6 Å². The molecule has 0 fully saturated rings. The number of hydrogen-bond acceptors (Lipinski definition) is 4. The number of fused-ring (bicyclic) bond motifs is 1. The van der Waals surface area contributed by atoms with Crippen LogP contribution in [0.4, 0.5) is 23.4 Å². The predicted molar refractivity (Wildman–Crippen MR) is 150 cm³/mol. The highest BCUT2D eigenvalue weighted by Crippen LogP contribution is 2.34. The van der Waals surface area contributed by atoms with Crippen LogP contribution in [0.2, 0.25) is 0 Å². The molecular formula is C31H34F4N4. The Balaban J connectivity index is 1.67. The van der Waals surface area contributed by atoms with E-state index in [4.69, 9.17) is 9.97 Å². The molecule has 0 aliphatic heterocycles. The Morgan fingerprint density at radius 3 is 2.33 bits per heavy atom. The second kappa shape index (κ2) is 12.1. The van der Waals surface area contributed by atoms with E-state index in [1.54, 1.807) is 18.2 Å². The molecule has 4 nitrogen and oxygen atoms in total. The zero-order valence-corrected chi connectivity index (χ0v) is 22.7. The molecule has 0 bridgehead atoms. The minimum absolute atomic E-state index is 0.0852. The van der Waals surface area contributed by atoms with Gasteiger partial charge in [-0.2, -0.15) is 13.2 Å². The van der Waals surface area contributed by atoms with E-state index in [1.165, 1.54) is 0 Å². The Morgan fingerprint density at radius 2 is 1.64 bits per heavy atom. The Kier molecular flexibility index (Phi) is 8.85. The monoisotopic (exact) mass is 538 g/mol. The van der Waals surface area contributed by atoms with Gasteiger partial charge in [-0.15, -0.1) is 0 Å². The lowest BCUT2D eigenvalue weighted by molar-refractivity contribution is -0.137. The number of nitrogens with zero attached hydrogens (tertiary/aromatic N) is 3. The molecule has 0 radical (unpaired) electrons. The number of nitrogens with one attached hydrogen (secondary N) is 1. The minimum Gasteiger partial charge on any atom is -0.367 e. The van der Waals surface area contributed by atoms with E-state index in [2.05, 4.69) is 31.0 Å². The molecule has 0 spiro atoms. The topological polar surface area (TPSA) is 41.0 Å². The van der Waals surface area contributed by atoms with Crippen molar-refractivity contribution in [2.24, 2.45) is 0 Å². The molecular weight excluding hydrogens is 504 g/mol. The van der Waals surface area contributed by atoms with Crippen LogP contribution in [0.3, 0.4) is 0 Å². The molecule has 0 saturated heterocycles. The molecule has 0 aliphatic carbocycles. The van der Waals surface area contributed by atoms with Gasteiger partial charge in [0, 0.05) is 22.6 Å². The van der Waals surface area contributed by atoms with Crippen LogP contribution in [-0.2, 0) is 6.18 Å². The average molecular weight is 539 g/mol. The third kappa shape index (κ3) is 6.74. The van der Waals surface area contributed by atoms with Crippen molar-refractivity contribution in [3.63, 3.8) is 0 Å². The molecule has 1 atom stereocenters. The normalized spacial score (nSPS) is 12.7. The summed E-state index contributed by atoms with van der Waals surface area (Å²) in [7, 11) is 0. The van der Waals surface area contributed by atoms with Gasteiger partial charge in [-0.25, -0.2) is 14.4 Å². The van der Waals surface area contributed by atoms with E-state index in [0.29, 0.717) is 23.0 Å². The standard InChI is InChI=1S/C31H34F4N4/c1-5-39(6-2)17-9-11-21(4)36-30-26-14-7-10-20(3)28(26)37-29(38-30)23-13-8-12-22(18-23)25-16-15-24(19-27(25)32)31(33,34)35/h7-8,10,12-16,18-19,21H,5-6,9,11,17H2,1-4H3,(H,36,37,38). The molecule has 39 heavy (non-hydrogen) atoms.